The first-order valence-electron chi connectivity index (χ1n) is 7.89. The zero-order valence-electron chi connectivity index (χ0n) is 13.9. The third-order valence-electron chi connectivity index (χ3n) is 3.67. The summed E-state index contributed by atoms with van der Waals surface area (Å²) >= 11 is 3.31. The average molecular weight is 415 g/mol. The Labute approximate surface area is 158 Å². The molecule has 6 nitrogen and oxygen atoms in total. The molecule has 132 valence electrons. The number of amides is 4. The van der Waals surface area contributed by atoms with E-state index in [9.17, 15) is 14.4 Å². The number of urea groups is 1. The quantitative estimate of drug-likeness (QED) is 0.613. The van der Waals surface area contributed by atoms with Crippen LogP contribution in [0, 0.1) is 0 Å². The molecule has 0 aromatic heterocycles. The highest BCUT2D eigenvalue weighted by molar-refractivity contribution is 9.10. The van der Waals surface area contributed by atoms with Crippen LogP contribution in [0.2, 0.25) is 0 Å². The second-order valence-corrected chi connectivity index (χ2v) is 6.36. The number of nitrogens with one attached hydrogen (secondary N) is 1. The molecule has 1 fully saturated rings. The molecule has 4 amide bonds. The fourth-order valence-electron chi connectivity index (χ4n) is 2.50. The Morgan fingerprint density at radius 1 is 1.12 bits per heavy atom. The van der Waals surface area contributed by atoms with E-state index in [1.54, 1.807) is 48.5 Å². The first kappa shape index (κ1) is 17.9. The molecular formula is C19H15BrN2O4. The highest BCUT2D eigenvalue weighted by Crippen LogP contribution is 2.25. The van der Waals surface area contributed by atoms with Crippen LogP contribution in [0.5, 0.6) is 5.75 Å². The van der Waals surface area contributed by atoms with Crippen molar-refractivity contribution in [1.82, 2.24) is 5.32 Å². The van der Waals surface area contributed by atoms with Gasteiger partial charge in [0.1, 0.15) is 11.3 Å². The van der Waals surface area contributed by atoms with Gasteiger partial charge in [0.2, 0.25) is 0 Å². The van der Waals surface area contributed by atoms with Crippen LogP contribution in [0.1, 0.15) is 12.5 Å². The second kappa shape index (κ2) is 7.53. The molecule has 2 aromatic rings. The minimum Gasteiger partial charge on any atom is -0.494 e. The van der Waals surface area contributed by atoms with Crippen LogP contribution in [0.4, 0.5) is 10.5 Å². The SMILES string of the molecule is CCOc1ccc(C=C2C(=O)NC(=O)N(c3cccc(Br)c3)C2=O)cc1. The third-order valence-corrected chi connectivity index (χ3v) is 4.16. The van der Waals surface area contributed by atoms with E-state index in [1.807, 2.05) is 6.92 Å². The van der Waals surface area contributed by atoms with Gasteiger partial charge in [-0.15, -0.1) is 0 Å². The van der Waals surface area contributed by atoms with Gasteiger partial charge in [0.15, 0.2) is 0 Å². The zero-order valence-corrected chi connectivity index (χ0v) is 15.4. The molecule has 7 heteroatoms. The van der Waals surface area contributed by atoms with E-state index in [-0.39, 0.29) is 5.57 Å². The van der Waals surface area contributed by atoms with Gasteiger partial charge in [-0.25, -0.2) is 9.69 Å². The number of benzene rings is 2. The number of hydrogen-bond donors (Lipinski definition) is 1. The molecule has 0 bridgehead atoms. The normalized spacial score (nSPS) is 16.0. The molecule has 2 aromatic carbocycles. The van der Waals surface area contributed by atoms with Crippen molar-refractivity contribution >= 4 is 45.5 Å². The van der Waals surface area contributed by atoms with E-state index in [0.717, 1.165) is 4.90 Å². The fraction of sp³-hybridized carbons (Fsp3) is 0.105. The van der Waals surface area contributed by atoms with Gasteiger partial charge in [-0.2, -0.15) is 0 Å². The topological polar surface area (TPSA) is 75.7 Å². The predicted molar refractivity (Wildman–Crippen MR) is 101 cm³/mol. The number of rotatable bonds is 4. The highest BCUT2D eigenvalue weighted by atomic mass is 79.9. The van der Waals surface area contributed by atoms with E-state index in [0.29, 0.717) is 28.1 Å². The predicted octanol–water partition coefficient (Wildman–Crippen LogP) is 3.51. The molecule has 0 saturated carbocycles. The molecule has 0 radical (unpaired) electrons. The maximum Gasteiger partial charge on any atom is 0.335 e. The van der Waals surface area contributed by atoms with Crippen LogP contribution in [-0.2, 0) is 9.59 Å². The van der Waals surface area contributed by atoms with Crippen LogP contribution in [0.3, 0.4) is 0 Å². The second-order valence-electron chi connectivity index (χ2n) is 5.44. The van der Waals surface area contributed by atoms with Gasteiger partial charge in [0.05, 0.1) is 12.3 Å². The van der Waals surface area contributed by atoms with E-state index >= 15 is 0 Å². The Morgan fingerprint density at radius 3 is 2.50 bits per heavy atom. The lowest BCUT2D eigenvalue weighted by molar-refractivity contribution is -0.122. The Bertz CT molecular complexity index is 906. The molecule has 0 aliphatic carbocycles. The van der Waals surface area contributed by atoms with Gasteiger partial charge in [-0.05, 0) is 48.9 Å². The van der Waals surface area contributed by atoms with Crippen LogP contribution < -0.4 is 15.0 Å². The lowest BCUT2D eigenvalue weighted by Gasteiger charge is -2.26. The van der Waals surface area contributed by atoms with E-state index in [2.05, 4.69) is 21.2 Å². The summed E-state index contributed by atoms with van der Waals surface area (Å²) in [5, 5.41) is 2.20. The van der Waals surface area contributed by atoms with E-state index in [4.69, 9.17) is 4.74 Å². The van der Waals surface area contributed by atoms with Crippen LogP contribution >= 0.6 is 15.9 Å². The number of carbonyl (C=O) groups excluding carboxylic acids is 3. The van der Waals surface area contributed by atoms with Gasteiger partial charge in [-0.3, -0.25) is 14.9 Å². The molecule has 0 spiro atoms. The summed E-state index contributed by atoms with van der Waals surface area (Å²) in [7, 11) is 0. The van der Waals surface area contributed by atoms with E-state index in [1.165, 1.54) is 6.08 Å². The molecule has 1 aliphatic rings. The van der Waals surface area contributed by atoms with Gasteiger partial charge >= 0.3 is 6.03 Å². The Morgan fingerprint density at radius 2 is 1.85 bits per heavy atom. The maximum atomic E-state index is 12.8. The van der Waals surface area contributed by atoms with E-state index < -0.39 is 17.8 Å². The lowest BCUT2D eigenvalue weighted by atomic mass is 10.1. The van der Waals surface area contributed by atoms with Crippen molar-refractivity contribution in [2.24, 2.45) is 0 Å². The standard InChI is InChI=1S/C19H15BrN2O4/c1-2-26-15-8-6-12(7-9-15)10-16-17(23)21-19(25)22(18(16)24)14-5-3-4-13(20)11-14/h3-11H,2H2,1H3,(H,21,23,25). The molecule has 0 unspecified atom stereocenters. The minimum atomic E-state index is -0.776. The van der Waals surface area contributed by atoms with Crippen molar-refractivity contribution in [2.75, 3.05) is 11.5 Å². The van der Waals surface area contributed by atoms with Gasteiger partial charge < -0.3 is 4.74 Å². The highest BCUT2D eigenvalue weighted by Gasteiger charge is 2.36. The summed E-state index contributed by atoms with van der Waals surface area (Å²) in [6.45, 7) is 2.43. The van der Waals surface area contributed by atoms with Crippen LogP contribution in [0.15, 0.2) is 58.6 Å². The monoisotopic (exact) mass is 414 g/mol. The zero-order chi connectivity index (χ0) is 18.7. The van der Waals surface area contributed by atoms with Crippen molar-refractivity contribution in [3.8, 4) is 5.75 Å². The molecular weight excluding hydrogens is 400 g/mol. The van der Waals surface area contributed by atoms with Gasteiger partial charge in [0, 0.05) is 4.47 Å². The number of hydrogen-bond acceptors (Lipinski definition) is 4. The average Bonchev–Trinajstić information content (AvgIpc) is 2.60. The smallest absolute Gasteiger partial charge is 0.335 e. The Kier molecular flexibility index (Phi) is 5.18. The van der Waals surface area contributed by atoms with Crippen molar-refractivity contribution in [3.63, 3.8) is 0 Å². The summed E-state index contributed by atoms with van der Waals surface area (Å²) in [6, 6.07) is 12.9. The lowest BCUT2D eigenvalue weighted by Crippen LogP contribution is -2.54. The molecule has 26 heavy (non-hydrogen) atoms. The van der Waals surface area contributed by atoms with Crippen molar-refractivity contribution in [1.29, 1.82) is 0 Å². The molecule has 1 N–H and O–H groups in total. The number of barbiturate groups is 1. The summed E-state index contributed by atoms with van der Waals surface area (Å²) in [6.07, 6.45) is 1.45. The first-order valence-corrected chi connectivity index (χ1v) is 8.69. The fourth-order valence-corrected chi connectivity index (χ4v) is 2.89. The molecule has 1 aliphatic heterocycles. The van der Waals surface area contributed by atoms with Crippen molar-refractivity contribution in [2.45, 2.75) is 6.92 Å². The first-order chi connectivity index (χ1) is 12.5. The Balaban J connectivity index is 1.94. The molecule has 3 rings (SSSR count). The van der Waals surface area contributed by atoms with Crippen molar-refractivity contribution < 1.29 is 19.1 Å². The number of imide groups is 2. The van der Waals surface area contributed by atoms with Crippen molar-refractivity contribution in [3.05, 3.63) is 64.1 Å². The molecule has 0 atom stereocenters. The van der Waals surface area contributed by atoms with Crippen LogP contribution in [0.25, 0.3) is 6.08 Å². The van der Waals surface area contributed by atoms with Crippen LogP contribution in [-0.4, -0.2) is 24.5 Å². The number of nitrogens with zero attached hydrogens (tertiary/aromatic N) is 1. The molecule has 1 saturated heterocycles. The van der Waals surface area contributed by atoms with Gasteiger partial charge in [-0.1, -0.05) is 34.1 Å². The maximum absolute atomic E-state index is 12.8. The Hall–Kier alpha value is -2.93. The summed E-state index contributed by atoms with van der Waals surface area (Å²) in [4.78, 5) is 38.0. The number of halogens is 1. The minimum absolute atomic E-state index is 0.117. The van der Waals surface area contributed by atoms with Gasteiger partial charge in [0.25, 0.3) is 11.8 Å². The number of anilines is 1. The number of carbonyl (C=O) groups is 3. The third kappa shape index (κ3) is 3.67. The summed E-state index contributed by atoms with van der Waals surface area (Å²) < 4.78 is 6.08. The summed E-state index contributed by atoms with van der Waals surface area (Å²) in [5.41, 5.74) is 0.899. The number of ether oxygens (including phenoxy) is 1. The summed E-state index contributed by atoms with van der Waals surface area (Å²) in [5.74, 6) is -0.703. The molecule has 1 heterocycles. The largest absolute Gasteiger partial charge is 0.494 e.